The Labute approximate surface area is 153 Å². The van der Waals surface area contributed by atoms with Gasteiger partial charge in [-0.05, 0) is 92.8 Å². The van der Waals surface area contributed by atoms with E-state index in [1.165, 1.54) is 44.1 Å². The van der Waals surface area contributed by atoms with E-state index in [9.17, 15) is 10.2 Å². The van der Waals surface area contributed by atoms with Crippen molar-refractivity contribution in [1.29, 1.82) is 0 Å². The van der Waals surface area contributed by atoms with E-state index in [2.05, 4.69) is 26.8 Å². The van der Waals surface area contributed by atoms with Crippen molar-refractivity contribution in [2.45, 2.75) is 78.2 Å². The first-order chi connectivity index (χ1) is 11.9. The molecule has 2 nitrogen and oxygen atoms in total. The van der Waals surface area contributed by atoms with Crippen LogP contribution in [0.25, 0.3) is 0 Å². The molecule has 0 unspecified atom stereocenters. The molecule has 2 heteroatoms. The Hall–Kier alpha value is -0.600. The number of allylic oxidation sites excluding steroid dienone is 2. The zero-order valence-electron chi connectivity index (χ0n) is 16.3. The molecule has 3 fully saturated rings. The average Bonchev–Trinajstić information content (AvgIpc) is 2.93. The Morgan fingerprint density at radius 3 is 2.72 bits per heavy atom. The molecule has 0 bridgehead atoms. The number of rotatable bonds is 2. The largest absolute Gasteiger partial charge is 0.393 e. The van der Waals surface area contributed by atoms with E-state index in [0.29, 0.717) is 16.7 Å². The van der Waals surface area contributed by atoms with Crippen molar-refractivity contribution in [3.8, 4) is 0 Å². The van der Waals surface area contributed by atoms with Gasteiger partial charge in [0.05, 0.1) is 12.7 Å². The summed E-state index contributed by atoms with van der Waals surface area (Å²) in [6.07, 6.45) is 14.1. The van der Waals surface area contributed by atoms with Gasteiger partial charge in [-0.2, -0.15) is 0 Å². The van der Waals surface area contributed by atoms with Gasteiger partial charge in [-0.3, -0.25) is 0 Å². The van der Waals surface area contributed by atoms with Crippen LogP contribution in [-0.2, 0) is 0 Å². The lowest BCUT2D eigenvalue weighted by Crippen LogP contribution is -2.50. The maximum absolute atomic E-state index is 10.1. The summed E-state index contributed by atoms with van der Waals surface area (Å²) in [7, 11) is 0. The van der Waals surface area contributed by atoms with Crippen LogP contribution in [0.1, 0.15) is 72.1 Å². The van der Waals surface area contributed by atoms with E-state index < -0.39 is 0 Å². The van der Waals surface area contributed by atoms with Crippen molar-refractivity contribution in [1.82, 2.24) is 0 Å². The molecule has 4 aliphatic rings. The lowest BCUT2D eigenvalue weighted by molar-refractivity contribution is -0.0454. The first-order valence-electron chi connectivity index (χ1n) is 10.5. The van der Waals surface area contributed by atoms with E-state index in [-0.39, 0.29) is 12.7 Å². The predicted octanol–water partition coefficient (Wildman–Crippen LogP) is 4.86. The molecule has 0 aromatic carbocycles. The third kappa shape index (κ3) is 2.58. The Morgan fingerprint density at radius 1 is 1.16 bits per heavy atom. The standard InChI is InChI=1S/C23H36O2/c1-15(10-13-24)19-6-7-20-18-5-4-16-14-17(25)8-11-22(16,2)21(18)9-12-23(19,20)3/h4,10,17-21,24-25H,5-9,11-14H2,1-3H3/b15-10-/t17-,18-,19+,20-,21-,22-,23+/m0/s1. The van der Waals surface area contributed by atoms with E-state index in [1.54, 1.807) is 5.57 Å². The fourth-order valence-corrected chi connectivity index (χ4v) is 7.68. The molecule has 0 aliphatic heterocycles. The second-order valence-corrected chi connectivity index (χ2v) is 9.96. The third-order valence-electron chi connectivity index (χ3n) is 9.04. The highest BCUT2D eigenvalue weighted by Gasteiger charge is 2.58. The molecule has 0 aromatic heterocycles. The van der Waals surface area contributed by atoms with Crippen molar-refractivity contribution in [2.24, 2.45) is 34.5 Å². The molecule has 7 atom stereocenters. The van der Waals surface area contributed by atoms with Crippen molar-refractivity contribution < 1.29 is 10.2 Å². The molecule has 0 saturated heterocycles. The summed E-state index contributed by atoms with van der Waals surface area (Å²) in [6.45, 7) is 7.48. The van der Waals surface area contributed by atoms with Crippen LogP contribution in [0, 0.1) is 34.5 Å². The Morgan fingerprint density at radius 2 is 1.96 bits per heavy atom. The fourth-order valence-electron chi connectivity index (χ4n) is 7.68. The normalized spacial score (nSPS) is 49.9. The minimum atomic E-state index is -0.105. The van der Waals surface area contributed by atoms with E-state index >= 15 is 0 Å². The Kier molecular flexibility index (Phi) is 4.44. The quantitative estimate of drug-likeness (QED) is 0.702. The molecule has 2 N–H and O–H groups in total. The van der Waals surface area contributed by atoms with Gasteiger partial charge in [0.2, 0.25) is 0 Å². The molecule has 4 aliphatic carbocycles. The van der Waals surface area contributed by atoms with Gasteiger partial charge < -0.3 is 10.2 Å². The molecule has 25 heavy (non-hydrogen) atoms. The predicted molar refractivity (Wildman–Crippen MR) is 102 cm³/mol. The minimum absolute atomic E-state index is 0.105. The fraction of sp³-hybridized carbons (Fsp3) is 0.826. The van der Waals surface area contributed by atoms with Gasteiger partial charge in [-0.1, -0.05) is 37.1 Å². The topological polar surface area (TPSA) is 40.5 Å². The first-order valence-corrected chi connectivity index (χ1v) is 10.5. The molecule has 0 heterocycles. The summed E-state index contributed by atoms with van der Waals surface area (Å²) < 4.78 is 0. The molecule has 4 rings (SSSR count). The highest BCUT2D eigenvalue weighted by Crippen LogP contribution is 2.67. The van der Waals surface area contributed by atoms with Crippen LogP contribution < -0.4 is 0 Å². The summed E-state index contributed by atoms with van der Waals surface area (Å²) in [6, 6.07) is 0. The minimum Gasteiger partial charge on any atom is -0.393 e. The number of fused-ring (bicyclic) bond motifs is 5. The van der Waals surface area contributed by atoms with Gasteiger partial charge in [0.25, 0.3) is 0 Å². The lowest BCUT2D eigenvalue weighted by Gasteiger charge is -2.58. The summed E-state index contributed by atoms with van der Waals surface area (Å²) in [5.41, 5.74) is 3.76. The molecule has 140 valence electrons. The van der Waals surface area contributed by atoms with E-state index in [1.807, 2.05) is 6.08 Å². The van der Waals surface area contributed by atoms with Crippen LogP contribution in [-0.4, -0.2) is 22.9 Å². The average molecular weight is 345 g/mol. The van der Waals surface area contributed by atoms with Crippen LogP contribution in [0.2, 0.25) is 0 Å². The summed E-state index contributed by atoms with van der Waals surface area (Å²) in [5.74, 6) is 3.14. The van der Waals surface area contributed by atoms with Gasteiger partial charge in [0.1, 0.15) is 0 Å². The van der Waals surface area contributed by atoms with Gasteiger partial charge in [0, 0.05) is 0 Å². The van der Waals surface area contributed by atoms with Crippen LogP contribution in [0.3, 0.4) is 0 Å². The van der Waals surface area contributed by atoms with Gasteiger partial charge in [-0.25, -0.2) is 0 Å². The van der Waals surface area contributed by atoms with E-state index in [4.69, 9.17) is 0 Å². The molecular formula is C23H36O2. The zero-order chi connectivity index (χ0) is 17.8. The molecule has 0 amide bonds. The highest BCUT2D eigenvalue weighted by atomic mass is 16.3. The van der Waals surface area contributed by atoms with Crippen LogP contribution in [0.5, 0.6) is 0 Å². The maximum atomic E-state index is 10.1. The van der Waals surface area contributed by atoms with Gasteiger partial charge in [-0.15, -0.1) is 0 Å². The number of aliphatic hydroxyl groups is 2. The van der Waals surface area contributed by atoms with Crippen molar-refractivity contribution in [3.63, 3.8) is 0 Å². The Balaban J connectivity index is 1.63. The van der Waals surface area contributed by atoms with Crippen molar-refractivity contribution in [2.75, 3.05) is 6.61 Å². The summed E-state index contributed by atoms with van der Waals surface area (Å²) >= 11 is 0. The number of hydrogen-bond donors (Lipinski definition) is 2. The SMILES string of the molecule is C/C(=C/CO)[C@H]1CC[C@H]2[C@@H]3CC=C4C[C@@H](O)CC[C@]4(C)[C@H]3CC[C@]12C. The monoisotopic (exact) mass is 344 g/mol. The maximum Gasteiger partial charge on any atom is 0.0615 e. The first kappa shape index (κ1) is 17.8. The second-order valence-electron chi connectivity index (χ2n) is 9.96. The molecular weight excluding hydrogens is 308 g/mol. The van der Waals surface area contributed by atoms with Crippen molar-refractivity contribution in [3.05, 3.63) is 23.3 Å². The zero-order valence-corrected chi connectivity index (χ0v) is 16.3. The van der Waals surface area contributed by atoms with Crippen molar-refractivity contribution >= 4 is 0 Å². The molecule has 0 spiro atoms. The smallest absolute Gasteiger partial charge is 0.0615 e. The third-order valence-corrected chi connectivity index (χ3v) is 9.04. The van der Waals surface area contributed by atoms with E-state index in [0.717, 1.165) is 30.6 Å². The summed E-state index contributed by atoms with van der Waals surface area (Å²) in [4.78, 5) is 0. The highest BCUT2D eigenvalue weighted by molar-refractivity contribution is 5.26. The van der Waals surface area contributed by atoms with Gasteiger partial charge in [0.15, 0.2) is 0 Å². The molecule has 0 radical (unpaired) electrons. The summed E-state index contributed by atoms with van der Waals surface area (Å²) in [5, 5.41) is 19.5. The van der Waals surface area contributed by atoms with Crippen LogP contribution in [0.15, 0.2) is 23.3 Å². The van der Waals surface area contributed by atoms with Gasteiger partial charge >= 0.3 is 0 Å². The number of hydrogen-bond acceptors (Lipinski definition) is 2. The van der Waals surface area contributed by atoms with Crippen LogP contribution >= 0.6 is 0 Å². The lowest BCUT2D eigenvalue weighted by atomic mass is 9.47. The van der Waals surface area contributed by atoms with Crippen LogP contribution in [0.4, 0.5) is 0 Å². The molecule has 3 saturated carbocycles. The number of aliphatic hydroxyl groups excluding tert-OH is 2. The Bertz CT molecular complexity index is 591. The molecule has 0 aromatic rings. The second kappa shape index (κ2) is 6.23.